The lowest BCUT2D eigenvalue weighted by Gasteiger charge is -2.40. The van der Waals surface area contributed by atoms with E-state index in [0.29, 0.717) is 6.54 Å². The van der Waals surface area contributed by atoms with E-state index in [0.717, 1.165) is 37.9 Å². The highest BCUT2D eigenvalue weighted by Crippen LogP contribution is 2.37. The molecular formula is C23H29ClN2O2. The summed E-state index contributed by atoms with van der Waals surface area (Å²) in [5.74, 6) is 1.15. The van der Waals surface area contributed by atoms with Gasteiger partial charge in [0.25, 0.3) is 0 Å². The van der Waals surface area contributed by atoms with Crippen LogP contribution in [0.15, 0.2) is 48.5 Å². The van der Waals surface area contributed by atoms with E-state index in [2.05, 4.69) is 41.3 Å². The molecule has 0 bridgehead atoms. The fraction of sp³-hybridized carbons (Fsp3) is 0.435. The Morgan fingerprint density at radius 2 is 1.89 bits per heavy atom. The van der Waals surface area contributed by atoms with Crippen LogP contribution in [0, 0.1) is 5.92 Å². The number of fused-ring (bicyclic) bond motifs is 1. The molecule has 2 N–H and O–H groups in total. The van der Waals surface area contributed by atoms with Crippen molar-refractivity contribution in [2.24, 2.45) is 11.7 Å². The van der Waals surface area contributed by atoms with Gasteiger partial charge < -0.3 is 15.4 Å². The summed E-state index contributed by atoms with van der Waals surface area (Å²) in [4.78, 5) is 15.6. The summed E-state index contributed by atoms with van der Waals surface area (Å²) in [5, 5.41) is 0. The van der Waals surface area contributed by atoms with E-state index in [1.807, 2.05) is 12.1 Å². The minimum atomic E-state index is 0. The van der Waals surface area contributed by atoms with Crippen molar-refractivity contribution in [3.05, 3.63) is 65.2 Å². The van der Waals surface area contributed by atoms with Gasteiger partial charge in [-0.2, -0.15) is 0 Å². The van der Waals surface area contributed by atoms with Crippen LogP contribution in [-0.2, 0) is 17.8 Å². The van der Waals surface area contributed by atoms with Gasteiger partial charge in [0.2, 0.25) is 5.91 Å². The summed E-state index contributed by atoms with van der Waals surface area (Å²) in [5.41, 5.74) is 9.86. The Morgan fingerprint density at radius 1 is 1.11 bits per heavy atom. The molecule has 2 aromatic rings. The maximum atomic E-state index is 13.5. The Bertz CT molecular complexity index is 812. The number of benzene rings is 2. The first-order valence-electron chi connectivity index (χ1n) is 9.92. The Kier molecular flexibility index (Phi) is 6.63. The lowest BCUT2D eigenvalue weighted by Crippen LogP contribution is -2.44. The summed E-state index contributed by atoms with van der Waals surface area (Å²) < 4.78 is 5.40. The molecule has 4 nitrogen and oxygen atoms in total. The average molecular weight is 401 g/mol. The highest BCUT2D eigenvalue weighted by Gasteiger charge is 2.36. The van der Waals surface area contributed by atoms with Crippen molar-refractivity contribution in [2.45, 2.75) is 50.7 Å². The van der Waals surface area contributed by atoms with Gasteiger partial charge in [0.05, 0.1) is 13.2 Å². The van der Waals surface area contributed by atoms with E-state index < -0.39 is 0 Å². The smallest absolute Gasteiger partial charge is 0.226 e. The number of hydrogen-bond donors (Lipinski definition) is 1. The third-order valence-electron chi connectivity index (χ3n) is 6.08. The van der Waals surface area contributed by atoms with E-state index in [9.17, 15) is 4.79 Å². The van der Waals surface area contributed by atoms with Crippen LogP contribution in [0.25, 0.3) is 0 Å². The van der Waals surface area contributed by atoms with Crippen molar-refractivity contribution in [1.29, 1.82) is 0 Å². The summed E-state index contributed by atoms with van der Waals surface area (Å²) in [6.45, 7) is 0.636. The first kappa shape index (κ1) is 20.7. The standard InChI is InChI=1S/C23H28N2O2.ClH/c1-27-21-11-10-17-14-22(16-6-3-2-4-7-16)25(15-19(17)13-21)23(26)18-8-5-9-20(24)12-18;/h2-4,6-7,10-11,13,18,20,22H,5,8-9,12,14-15,24H2,1H3;1H. The van der Waals surface area contributed by atoms with E-state index in [1.165, 1.54) is 16.7 Å². The average Bonchev–Trinajstić information content (AvgIpc) is 2.72. The largest absolute Gasteiger partial charge is 0.497 e. The molecular weight excluding hydrogens is 372 g/mol. The zero-order valence-corrected chi connectivity index (χ0v) is 17.2. The van der Waals surface area contributed by atoms with Gasteiger partial charge in [-0.05, 0) is 54.5 Å². The number of rotatable bonds is 3. The van der Waals surface area contributed by atoms with Gasteiger partial charge in [-0.25, -0.2) is 0 Å². The first-order chi connectivity index (χ1) is 13.2. The Balaban J connectivity index is 0.00000225. The second-order valence-electron chi connectivity index (χ2n) is 7.85. The van der Waals surface area contributed by atoms with Crippen LogP contribution < -0.4 is 10.5 Å². The molecule has 0 radical (unpaired) electrons. The molecule has 2 aliphatic rings. The molecule has 1 aliphatic heterocycles. The summed E-state index contributed by atoms with van der Waals surface area (Å²) in [7, 11) is 1.68. The third-order valence-corrected chi connectivity index (χ3v) is 6.08. The highest BCUT2D eigenvalue weighted by molar-refractivity contribution is 5.85. The molecule has 3 unspecified atom stereocenters. The summed E-state index contributed by atoms with van der Waals surface area (Å²) >= 11 is 0. The minimum absolute atomic E-state index is 0. The minimum Gasteiger partial charge on any atom is -0.497 e. The molecule has 1 saturated carbocycles. The van der Waals surface area contributed by atoms with E-state index >= 15 is 0 Å². The maximum absolute atomic E-state index is 13.5. The molecule has 0 spiro atoms. The van der Waals surface area contributed by atoms with Crippen LogP contribution in [0.4, 0.5) is 0 Å². The molecule has 1 amide bonds. The Labute approximate surface area is 173 Å². The van der Waals surface area contributed by atoms with Gasteiger partial charge in [-0.15, -0.1) is 12.4 Å². The lowest BCUT2D eigenvalue weighted by atomic mass is 9.83. The highest BCUT2D eigenvalue weighted by atomic mass is 35.5. The molecule has 1 fully saturated rings. The predicted octanol–water partition coefficient (Wildman–Crippen LogP) is 4.26. The Morgan fingerprint density at radius 3 is 2.61 bits per heavy atom. The van der Waals surface area contributed by atoms with Crippen molar-refractivity contribution in [3.63, 3.8) is 0 Å². The molecule has 1 aliphatic carbocycles. The van der Waals surface area contributed by atoms with Crippen LogP contribution in [0.1, 0.15) is 48.4 Å². The van der Waals surface area contributed by atoms with Crippen molar-refractivity contribution in [1.82, 2.24) is 4.90 Å². The Hall–Kier alpha value is -2.04. The predicted molar refractivity (Wildman–Crippen MR) is 114 cm³/mol. The fourth-order valence-electron chi connectivity index (χ4n) is 4.58. The topological polar surface area (TPSA) is 55.6 Å². The molecule has 150 valence electrons. The molecule has 0 saturated heterocycles. The van der Waals surface area contributed by atoms with Gasteiger partial charge in [-0.1, -0.05) is 42.8 Å². The quantitative estimate of drug-likeness (QED) is 0.837. The third kappa shape index (κ3) is 4.18. The van der Waals surface area contributed by atoms with Gasteiger partial charge >= 0.3 is 0 Å². The number of amides is 1. The van der Waals surface area contributed by atoms with Gasteiger partial charge in [0, 0.05) is 18.5 Å². The molecule has 28 heavy (non-hydrogen) atoms. The van der Waals surface area contributed by atoms with Crippen molar-refractivity contribution in [3.8, 4) is 5.75 Å². The first-order valence-corrected chi connectivity index (χ1v) is 9.92. The van der Waals surface area contributed by atoms with Crippen molar-refractivity contribution in [2.75, 3.05) is 7.11 Å². The summed E-state index contributed by atoms with van der Waals surface area (Å²) in [6, 6.07) is 16.9. The second kappa shape index (κ2) is 8.97. The molecule has 1 heterocycles. The zero-order chi connectivity index (χ0) is 18.8. The van der Waals surface area contributed by atoms with Gasteiger partial charge in [-0.3, -0.25) is 4.79 Å². The maximum Gasteiger partial charge on any atom is 0.226 e. The number of nitrogens with zero attached hydrogens (tertiary/aromatic N) is 1. The van der Waals surface area contributed by atoms with E-state index in [4.69, 9.17) is 10.5 Å². The van der Waals surface area contributed by atoms with Crippen LogP contribution in [0.3, 0.4) is 0 Å². The van der Waals surface area contributed by atoms with Gasteiger partial charge in [0.15, 0.2) is 0 Å². The van der Waals surface area contributed by atoms with Crippen LogP contribution in [0.5, 0.6) is 5.75 Å². The zero-order valence-electron chi connectivity index (χ0n) is 16.3. The molecule has 3 atom stereocenters. The number of carbonyl (C=O) groups is 1. The van der Waals surface area contributed by atoms with E-state index in [1.54, 1.807) is 7.11 Å². The number of hydrogen-bond acceptors (Lipinski definition) is 3. The second-order valence-corrected chi connectivity index (χ2v) is 7.85. The van der Waals surface area contributed by atoms with Crippen LogP contribution in [-0.4, -0.2) is 24.0 Å². The molecule has 0 aromatic heterocycles. The molecule has 2 aromatic carbocycles. The van der Waals surface area contributed by atoms with Crippen molar-refractivity contribution < 1.29 is 9.53 Å². The normalized spacial score (nSPS) is 24.1. The summed E-state index contributed by atoms with van der Waals surface area (Å²) in [6.07, 6.45) is 4.68. The molecule has 4 rings (SSSR count). The number of ether oxygens (including phenoxy) is 1. The SMILES string of the molecule is COc1ccc2c(c1)CN(C(=O)C1CCCC(N)C1)C(c1ccccc1)C2.Cl. The number of methoxy groups -OCH3 is 1. The van der Waals surface area contributed by atoms with Crippen LogP contribution in [0.2, 0.25) is 0 Å². The number of halogens is 1. The fourth-order valence-corrected chi connectivity index (χ4v) is 4.58. The number of carbonyl (C=O) groups excluding carboxylic acids is 1. The van der Waals surface area contributed by atoms with E-state index in [-0.39, 0.29) is 36.3 Å². The van der Waals surface area contributed by atoms with Gasteiger partial charge in [0.1, 0.15) is 5.75 Å². The number of nitrogens with two attached hydrogens (primary N) is 1. The monoisotopic (exact) mass is 400 g/mol. The van der Waals surface area contributed by atoms with Crippen LogP contribution >= 0.6 is 12.4 Å². The lowest BCUT2D eigenvalue weighted by molar-refractivity contribution is -0.140. The van der Waals surface area contributed by atoms with Crippen molar-refractivity contribution >= 4 is 18.3 Å². The molecule has 5 heteroatoms.